The lowest BCUT2D eigenvalue weighted by atomic mass is 9.99. The predicted molar refractivity (Wildman–Crippen MR) is 116 cm³/mol. The van der Waals surface area contributed by atoms with Crippen LogP contribution in [0.15, 0.2) is 29.3 Å². The molecule has 0 saturated carbocycles. The number of benzene rings is 1. The first kappa shape index (κ1) is 21.6. The first-order valence-electron chi connectivity index (χ1n) is 8.39. The Bertz CT molecular complexity index is 496. The number of nitrogens with zero attached hydrogens (tertiary/aromatic N) is 1. The molecule has 1 aromatic carbocycles. The number of thioether (sulfide) groups is 1. The van der Waals surface area contributed by atoms with Gasteiger partial charge in [0.15, 0.2) is 5.96 Å². The van der Waals surface area contributed by atoms with E-state index in [0.29, 0.717) is 0 Å². The Morgan fingerprint density at radius 2 is 1.88 bits per heavy atom. The Morgan fingerprint density at radius 1 is 1.21 bits per heavy atom. The molecule has 1 aliphatic heterocycles. The lowest BCUT2D eigenvalue weighted by molar-refractivity contribution is 0.0782. The summed E-state index contributed by atoms with van der Waals surface area (Å²) in [5.41, 5.74) is 2.55. The van der Waals surface area contributed by atoms with E-state index in [-0.39, 0.29) is 28.7 Å². The number of hydrogen-bond acceptors (Lipinski definition) is 3. The summed E-state index contributed by atoms with van der Waals surface area (Å²) in [6.07, 6.45) is 2.21. The number of nitrogens with one attached hydrogen (secondary N) is 2. The van der Waals surface area contributed by atoms with Crippen molar-refractivity contribution in [2.24, 2.45) is 4.99 Å². The van der Waals surface area contributed by atoms with Crippen LogP contribution in [-0.4, -0.2) is 43.3 Å². The van der Waals surface area contributed by atoms with Crippen LogP contribution < -0.4 is 10.6 Å². The number of aryl methyl sites for hydroxylation is 1. The predicted octanol–water partition coefficient (Wildman–Crippen LogP) is 3.58. The molecule has 0 unspecified atom stereocenters. The van der Waals surface area contributed by atoms with Crippen molar-refractivity contribution in [3.05, 3.63) is 35.4 Å². The third kappa shape index (κ3) is 6.80. The first-order chi connectivity index (χ1) is 11.2. The van der Waals surface area contributed by atoms with E-state index in [1.807, 2.05) is 18.8 Å². The summed E-state index contributed by atoms with van der Waals surface area (Å²) in [4.78, 5) is 4.35. The van der Waals surface area contributed by atoms with Crippen LogP contribution in [0.25, 0.3) is 0 Å². The van der Waals surface area contributed by atoms with Crippen LogP contribution in [0.5, 0.6) is 0 Å². The third-order valence-electron chi connectivity index (χ3n) is 4.24. The van der Waals surface area contributed by atoms with E-state index in [2.05, 4.69) is 53.7 Å². The Balaban J connectivity index is 0.00000288. The van der Waals surface area contributed by atoms with Crippen LogP contribution >= 0.6 is 35.7 Å². The van der Waals surface area contributed by atoms with Crippen LogP contribution in [0.4, 0.5) is 0 Å². The largest absolute Gasteiger partial charge is 0.381 e. The van der Waals surface area contributed by atoms with Crippen molar-refractivity contribution in [1.82, 2.24) is 10.6 Å². The molecular weight excluding hydrogens is 433 g/mol. The molecule has 2 rings (SSSR count). The van der Waals surface area contributed by atoms with Gasteiger partial charge in [-0.25, -0.2) is 0 Å². The fraction of sp³-hybridized carbons (Fsp3) is 0.611. The van der Waals surface area contributed by atoms with Gasteiger partial charge in [-0.2, -0.15) is 11.8 Å². The van der Waals surface area contributed by atoms with Gasteiger partial charge < -0.3 is 15.4 Å². The van der Waals surface area contributed by atoms with Crippen molar-refractivity contribution < 1.29 is 4.74 Å². The topological polar surface area (TPSA) is 45.7 Å². The maximum atomic E-state index is 5.53. The van der Waals surface area contributed by atoms with Gasteiger partial charge in [0, 0.05) is 38.1 Å². The summed E-state index contributed by atoms with van der Waals surface area (Å²) >= 11 is 2.04. The molecular formula is C18H30IN3OS. The molecule has 24 heavy (non-hydrogen) atoms. The molecule has 1 saturated heterocycles. The van der Waals surface area contributed by atoms with Crippen LogP contribution in [0.2, 0.25) is 0 Å². The van der Waals surface area contributed by atoms with E-state index < -0.39 is 0 Å². The van der Waals surface area contributed by atoms with Crippen LogP contribution in [-0.2, 0) is 11.3 Å². The van der Waals surface area contributed by atoms with Gasteiger partial charge >= 0.3 is 0 Å². The van der Waals surface area contributed by atoms with Gasteiger partial charge in [0.05, 0.1) is 0 Å². The highest BCUT2D eigenvalue weighted by atomic mass is 127. The second-order valence-corrected chi connectivity index (χ2v) is 7.73. The van der Waals surface area contributed by atoms with Gasteiger partial charge in [0.1, 0.15) is 0 Å². The molecule has 0 amide bonds. The Hall–Kier alpha value is -0.470. The van der Waals surface area contributed by atoms with Gasteiger partial charge in [-0.1, -0.05) is 36.8 Å². The normalized spacial score (nSPS) is 17.0. The summed E-state index contributed by atoms with van der Waals surface area (Å²) in [5, 5.41) is 6.91. The second-order valence-electron chi connectivity index (χ2n) is 5.99. The van der Waals surface area contributed by atoms with E-state index >= 15 is 0 Å². The molecule has 0 bridgehead atoms. The number of hydrogen-bond donors (Lipinski definition) is 2. The van der Waals surface area contributed by atoms with Gasteiger partial charge in [-0.05, 0) is 31.1 Å². The third-order valence-corrected chi connectivity index (χ3v) is 5.69. The number of rotatable bonds is 6. The standard InChI is InChI=1S/C18H29N3OS.HI/c1-4-23-18(9-11-22-12-10-18)14-21-17(19-3)20-13-16-7-5-15(2)6-8-16;/h5-8H,4,9-14H2,1-3H3,(H2,19,20,21);1H. The Labute approximate surface area is 167 Å². The molecule has 1 aliphatic rings. The molecule has 0 radical (unpaired) electrons. The number of guanidine groups is 1. The van der Waals surface area contributed by atoms with Crippen molar-refractivity contribution in [2.45, 2.75) is 38.0 Å². The minimum Gasteiger partial charge on any atom is -0.381 e. The summed E-state index contributed by atoms with van der Waals surface area (Å²) in [7, 11) is 1.83. The van der Waals surface area contributed by atoms with E-state index in [1.54, 1.807) is 0 Å². The fourth-order valence-corrected chi connectivity index (χ4v) is 4.02. The van der Waals surface area contributed by atoms with Crippen LogP contribution in [0, 0.1) is 6.92 Å². The Kier molecular flexibility index (Phi) is 10.1. The van der Waals surface area contributed by atoms with Gasteiger partial charge in [0.2, 0.25) is 0 Å². The quantitative estimate of drug-likeness (QED) is 0.385. The van der Waals surface area contributed by atoms with E-state index in [4.69, 9.17) is 4.74 Å². The molecule has 6 heteroatoms. The zero-order chi connectivity index (χ0) is 16.5. The van der Waals surface area contributed by atoms with E-state index in [0.717, 1.165) is 50.9 Å². The van der Waals surface area contributed by atoms with Crippen molar-refractivity contribution in [3.8, 4) is 0 Å². The van der Waals surface area contributed by atoms with Gasteiger partial charge in [0.25, 0.3) is 0 Å². The Morgan fingerprint density at radius 3 is 2.46 bits per heavy atom. The lowest BCUT2D eigenvalue weighted by Gasteiger charge is -2.37. The van der Waals surface area contributed by atoms with Crippen molar-refractivity contribution in [1.29, 1.82) is 0 Å². The molecule has 4 nitrogen and oxygen atoms in total. The first-order valence-corrected chi connectivity index (χ1v) is 9.38. The van der Waals surface area contributed by atoms with Gasteiger partial charge in [-0.15, -0.1) is 24.0 Å². The molecule has 0 aromatic heterocycles. The zero-order valence-electron chi connectivity index (χ0n) is 14.9. The molecule has 1 fully saturated rings. The average molecular weight is 463 g/mol. The molecule has 1 heterocycles. The minimum atomic E-state index is 0. The summed E-state index contributed by atoms with van der Waals surface area (Å²) < 4.78 is 5.80. The maximum absolute atomic E-state index is 5.53. The highest BCUT2D eigenvalue weighted by molar-refractivity contribution is 14.0. The highest BCUT2D eigenvalue weighted by Gasteiger charge is 2.32. The molecule has 0 atom stereocenters. The van der Waals surface area contributed by atoms with E-state index in [1.165, 1.54) is 11.1 Å². The number of ether oxygens (including phenoxy) is 1. The number of halogens is 1. The average Bonchev–Trinajstić information content (AvgIpc) is 2.58. The second kappa shape index (κ2) is 11.2. The van der Waals surface area contributed by atoms with Gasteiger partial charge in [-0.3, -0.25) is 4.99 Å². The summed E-state index contributed by atoms with van der Waals surface area (Å²) in [5.74, 6) is 2.00. The number of aliphatic imine (C=N–C) groups is 1. The SMILES string of the molecule is CCSC1(CNC(=NC)NCc2ccc(C)cc2)CCOCC1.I. The van der Waals surface area contributed by atoms with Crippen molar-refractivity contribution >= 4 is 41.7 Å². The van der Waals surface area contributed by atoms with Crippen LogP contribution in [0.1, 0.15) is 30.9 Å². The molecule has 2 N–H and O–H groups in total. The molecule has 0 spiro atoms. The lowest BCUT2D eigenvalue weighted by Crippen LogP contribution is -2.48. The maximum Gasteiger partial charge on any atom is 0.191 e. The zero-order valence-corrected chi connectivity index (χ0v) is 18.1. The fourth-order valence-electron chi connectivity index (χ4n) is 2.78. The minimum absolute atomic E-state index is 0. The molecule has 1 aromatic rings. The summed E-state index contributed by atoms with van der Waals surface area (Å²) in [6.45, 7) is 7.79. The van der Waals surface area contributed by atoms with E-state index in [9.17, 15) is 0 Å². The molecule has 0 aliphatic carbocycles. The monoisotopic (exact) mass is 463 g/mol. The van der Waals surface area contributed by atoms with Crippen molar-refractivity contribution in [3.63, 3.8) is 0 Å². The van der Waals surface area contributed by atoms with Crippen molar-refractivity contribution in [2.75, 3.05) is 32.6 Å². The van der Waals surface area contributed by atoms with Crippen LogP contribution in [0.3, 0.4) is 0 Å². The molecule has 136 valence electrons. The summed E-state index contributed by atoms with van der Waals surface area (Å²) in [6, 6.07) is 8.59. The smallest absolute Gasteiger partial charge is 0.191 e. The highest BCUT2D eigenvalue weighted by Crippen LogP contribution is 2.34.